The normalized spacial score (nSPS) is 11.6. The molecule has 0 aromatic rings. The summed E-state index contributed by atoms with van der Waals surface area (Å²) in [4.78, 5) is 10.3. The molecular weight excluding hydrogens is 160 g/mol. The van der Waals surface area contributed by atoms with Crippen molar-refractivity contribution < 1.29 is 15.0 Å². The molecule has 0 saturated carbocycles. The molecule has 0 saturated heterocycles. The van der Waals surface area contributed by atoms with Gasteiger partial charge in [0.15, 0.2) is 0 Å². The molecule has 0 aromatic carbocycles. The van der Waals surface area contributed by atoms with Gasteiger partial charge in [0.2, 0.25) is 5.91 Å². The summed E-state index contributed by atoms with van der Waals surface area (Å²) >= 11 is 0. The number of carbonyl (C=O) groups is 1. The zero-order valence-corrected chi connectivity index (χ0v) is 7.21. The third-order valence-electron chi connectivity index (χ3n) is 1.62. The first-order valence-corrected chi connectivity index (χ1v) is 3.79. The lowest BCUT2D eigenvalue weighted by Gasteiger charge is -2.25. The molecule has 0 rings (SSSR count). The second-order valence-electron chi connectivity index (χ2n) is 3.02. The Kier molecular flexibility index (Phi) is 4.80. The number of rotatable bonds is 6. The van der Waals surface area contributed by atoms with Crippen LogP contribution >= 0.6 is 0 Å². The van der Waals surface area contributed by atoms with Gasteiger partial charge in [-0.1, -0.05) is 0 Å². The van der Waals surface area contributed by atoms with Gasteiger partial charge in [0, 0.05) is 13.0 Å². The van der Waals surface area contributed by atoms with Gasteiger partial charge in [0.05, 0.1) is 18.8 Å². The molecule has 0 bridgehead atoms. The predicted octanol–water partition coefficient (Wildman–Crippen LogP) is -1.81. The van der Waals surface area contributed by atoms with Crippen LogP contribution in [0, 0.1) is 0 Å². The molecule has 72 valence electrons. The fourth-order valence-corrected chi connectivity index (χ4v) is 0.649. The van der Waals surface area contributed by atoms with E-state index in [0.29, 0.717) is 6.54 Å². The quantitative estimate of drug-likeness (QED) is 0.384. The number of aliphatic hydroxyl groups excluding tert-OH is 2. The van der Waals surface area contributed by atoms with Crippen molar-refractivity contribution in [1.29, 1.82) is 0 Å². The van der Waals surface area contributed by atoms with Gasteiger partial charge in [-0.05, 0) is 6.92 Å². The molecule has 12 heavy (non-hydrogen) atoms. The van der Waals surface area contributed by atoms with Gasteiger partial charge in [0.25, 0.3) is 0 Å². The predicted molar refractivity (Wildman–Crippen MR) is 44.4 cm³/mol. The van der Waals surface area contributed by atoms with Crippen LogP contribution in [-0.4, -0.2) is 41.4 Å². The third-order valence-corrected chi connectivity index (χ3v) is 1.62. The molecule has 0 spiro atoms. The number of primary amides is 1. The number of amides is 1. The Morgan fingerprint density at radius 3 is 2.33 bits per heavy atom. The molecule has 0 fully saturated rings. The summed E-state index contributed by atoms with van der Waals surface area (Å²) in [6, 6.07) is 0. The largest absolute Gasteiger partial charge is 0.394 e. The van der Waals surface area contributed by atoms with E-state index in [1.165, 1.54) is 0 Å². The minimum Gasteiger partial charge on any atom is -0.394 e. The van der Waals surface area contributed by atoms with Crippen molar-refractivity contribution in [2.45, 2.75) is 18.9 Å². The van der Waals surface area contributed by atoms with Crippen LogP contribution in [0.25, 0.3) is 0 Å². The Hall–Kier alpha value is -0.650. The zero-order chi connectivity index (χ0) is 9.61. The molecule has 0 atom stereocenters. The highest BCUT2D eigenvalue weighted by molar-refractivity contribution is 5.73. The maximum atomic E-state index is 10.3. The summed E-state index contributed by atoms with van der Waals surface area (Å²) in [5.41, 5.74) is 4.17. The maximum absolute atomic E-state index is 10.3. The third kappa shape index (κ3) is 4.27. The van der Waals surface area contributed by atoms with Gasteiger partial charge >= 0.3 is 0 Å². The van der Waals surface area contributed by atoms with Gasteiger partial charge < -0.3 is 21.3 Å². The van der Waals surface area contributed by atoms with Crippen LogP contribution in [0.5, 0.6) is 0 Å². The molecule has 0 aliphatic carbocycles. The standard InChI is InChI=1S/C7H16N2O3/c1-7(4-10,5-11)9-3-2-6(8)12/h9-11H,2-5H2,1H3,(H2,8,12). The van der Waals surface area contributed by atoms with Crippen LogP contribution in [-0.2, 0) is 4.79 Å². The van der Waals surface area contributed by atoms with Crippen molar-refractivity contribution in [2.75, 3.05) is 19.8 Å². The second-order valence-corrected chi connectivity index (χ2v) is 3.02. The summed E-state index contributed by atoms with van der Waals surface area (Å²) in [5.74, 6) is -0.402. The SMILES string of the molecule is CC(CO)(CO)NCCC(N)=O. The highest BCUT2D eigenvalue weighted by Crippen LogP contribution is 1.99. The van der Waals surface area contributed by atoms with Crippen LogP contribution in [0.1, 0.15) is 13.3 Å². The summed E-state index contributed by atoms with van der Waals surface area (Å²) in [6.07, 6.45) is 0.204. The zero-order valence-electron chi connectivity index (χ0n) is 7.21. The van der Waals surface area contributed by atoms with Gasteiger partial charge in [-0.25, -0.2) is 0 Å². The molecule has 0 radical (unpaired) electrons. The molecule has 0 heterocycles. The van der Waals surface area contributed by atoms with Crippen LogP contribution in [0.2, 0.25) is 0 Å². The minimum atomic E-state index is -0.727. The fraction of sp³-hybridized carbons (Fsp3) is 0.857. The fourth-order valence-electron chi connectivity index (χ4n) is 0.649. The van der Waals surface area contributed by atoms with E-state index in [0.717, 1.165) is 0 Å². The van der Waals surface area contributed by atoms with Crippen molar-refractivity contribution >= 4 is 5.91 Å². The van der Waals surface area contributed by atoms with E-state index in [-0.39, 0.29) is 19.6 Å². The van der Waals surface area contributed by atoms with Gasteiger partial charge in [-0.3, -0.25) is 4.79 Å². The highest BCUT2D eigenvalue weighted by atomic mass is 16.3. The maximum Gasteiger partial charge on any atom is 0.218 e. The summed E-state index contributed by atoms with van der Waals surface area (Å²) in [5, 5.41) is 20.4. The van der Waals surface area contributed by atoms with E-state index >= 15 is 0 Å². The van der Waals surface area contributed by atoms with E-state index in [9.17, 15) is 4.79 Å². The number of nitrogens with two attached hydrogens (primary N) is 1. The number of aliphatic hydroxyl groups is 2. The Morgan fingerprint density at radius 1 is 1.50 bits per heavy atom. The summed E-state index contributed by atoms with van der Waals surface area (Å²) in [6.45, 7) is 1.67. The van der Waals surface area contributed by atoms with Crippen molar-refractivity contribution in [2.24, 2.45) is 5.73 Å². The van der Waals surface area contributed by atoms with Crippen molar-refractivity contribution in [3.8, 4) is 0 Å². The van der Waals surface area contributed by atoms with E-state index in [1.807, 2.05) is 0 Å². The number of carbonyl (C=O) groups excluding carboxylic acids is 1. The average Bonchev–Trinajstić information content (AvgIpc) is 2.03. The van der Waals surface area contributed by atoms with Crippen LogP contribution in [0.15, 0.2) is 0 Å². The van der Waals surface area contributed by atoms with Crippen molar-refractivity contribution in [3.05, 3.63) is 0 Å². The molecule has 0 aliphatic heterocycles. The Labute approximate surface area is 71.6 Å². The molecule has 0 aliphatic rings. The van der Waals surface area contributed by atoms with Gasteiger partial charge in [0.1, 0.15) is 0 Å². The molecule has 0 aromatic heterocycles. The Morgan fingerprint density at radius 2 is 2.00 bits per heavy atom. The second kappa shape index (κ2) is 5.08. The van der Waals surface area contributed by atoms with E-state index in [2.05, 4.69) is 5.32 Å². The van der Waals surface area contributed by atoms with E-state index < -0.39 is 11.4 Å². The first kappa shape index (κ1) is 11.4. The first-order valence-electron chi connectivity index (χ1n) is 3.79. The number of hydrogen-bond donors (Lipinski definition) is 4. The lowest BCUT2D eigenvalue weighted by molar-refractivity contribution is -0.118. The van der Waals surface area contributed by atoms with Gasteiger partial charge in [-0.2, -0.15) is 0 Å². The molecular formula is C7H16N2O3. The Balaban J connectivity index is 3.65. The molecule has 1 amide bonds. The van der Waals surface area contributed by atoms with E-state index in [4.69, 9.17) is 15.9 Å². The topological polar surface area (TPSA) is 95.6 Å². The molecule has 5 heteroatoms. The van der Waals surface area contributed by atoms with Crippen LogP contribution in [0.3, 0.4) is 0 Å². The minimum absolute atomic E-state index is 0.178. The smallest absolute Gasteiger partial charge is 0.218 e. The first-order chi connectivity index (χ1) is 5.54. The number of nitrogens with one attached hydrogen (secondary N) is 1. The Bertz CT molecular complexity index is 146. The van der Waals surface area contributed by atoms with Crippen molar-refractivity contribution in [3.63, 3.8) is 0 Å². The lowest BCUT2D eigenvalue weighted by atomic mass is 10.1. The molecule has 5 N–H and O–H groups in total. The van der Waals surface area contributed by atoms with E-state index in [1.54, 1.807) is 6.92 Å². The molecule has 0 unspecified atom stereocenters. The lowest BCUT2D eigenvalue weighted by Crippen LogP contribution is -2.49. The average molecular weight is 176 g/mol. The summed E-state index contributed by atoms with van der Waals surface area (Å²) in [7, 11) is 0. The monoisotopic (exact) mass is 176 g/mol. The highest BCUT2D eigenvalue weighted by Gasteiger charge is 2.20. The van der Waals surface area contributed by atoms with Crippen LogP contribution < -0.4 is 11.1 Å². The molecule has 5 nitrogen and oxygen atoms in total. The van der Waals surface area contributed by atoms with Gasteiger partial charge in [-0.15, -0.1) is 0 Å². The summed E-state index contributed by atoms with van der Waals surface area (Å²) < 4.78 is 0. The van der Waals surface area contributed by atoms with Crippen molar-refractivity contribution in [1.82, 2.24) is 5.32 Å². The number of hydrogen-bond acceptors (Lipinski definition) is 4. The van der Waals surface area contributed by atoms with Crippen LogP contribution in [0.4, 0.5) is 0 Å².